The monoisotopic (exact) mass is 261 g/mol. The molecule has 3 nitrogen and oxygen atoms in total. The van der Waals surface area contributed by atoms with Crippen LogP contribution in [0, 0.1) is 12.3 Å². The second-order valence-electron chi connectivity index (χ2n) is 5.93. The van der Waals surface area contributed by atoms with Gasteiger partial charge in [0.2, 0.25) is 0 Å². The molecular weight excluding hydrogens is 238 g/mol. The quantitative estimate of drug-likeness (QED) is 0.887. The number of benzene rings is 1. The van der Waals surface area contributed by atoms with Crippen molar-refractivity contribution in [1.29, 1.82) is 0 Å². The number of phenols is 1. The molecule has 2 rings (SSSR count). The lowest BCUT2D eigenvalue weighted by Gasteiger charge is -2.39. The highest BCUT2D eigenvalue weighted by Gasteiger charge is 2.31. The van der Waals surface area contributed by atoms with Crippen LogP contribution >= 0.6 is 0 Å². The number of amides is 1. The number of piperidine rings is 1. The van der Waals surface area contributed by atoms with E-state index in [-0.39, 0.29) is 11.7 Å². The molecule has 3 heteroatoms. The molecule has 0 saturated carbocycles. The minimum Gasteiger partial charge on any atom is -0.507 e. The molecule has 1 fully saturated rings. The molecule has 1 aromatic rings. The lowest BCUT2D eigenvalue weighted by molar-refractivity contribution is 0.0597. The molecule has 0 aliphatic carbocycles. The van der Waals surface area contributed by atoms with Crippen LogP contribution in [0.15, 0.2) is 18.2 Å². The van der Waals surface area contributed by atoms with Crippen LogP contribution in [0.5, 0.6) is 5.75 Å². The first kappa shape index (κ1) is 13.9. The molecule has 19 heavy (non-hydrogen) atoms. The fraction of sp³-hybridized carbons (Fsp3) is 0.562. The Hall–Kier alpha value is -1.51. The molecular formula is C16H23NO2. The van der Waals surface area contributed by atoms with Gasteiger partial charge in [0.05, 0.1) is 5.56 Å². The minimum atomic E-state index is -0.0423. The number of aromatic hydroxyl groups is 1. The van der Waals surface area contributed by atoms with Crippen LogP contribution in [0.4, 0.5) is 0 Å². The molecule has 1 heterocycles. The van der Waals surface area contributed by atoms with Crippen molar-refractivity contribution in [2.45, 2.75) is 40.0 Å². The molecule has 1 amide bonds. The number of para-hydroxylation sites is 1. The molecule has 0 unspecified atom stereocenters. The largest absolute Gasteiger partial charge is 0.507 e. The zero-order valence-corrected chi connectivity index (χ0v) is 12.1. The minimum absolute atomic E-state index is 0.0423. The summed E-state index contributed by atoms with van der Waals surface area (Å²) >= 11 is 0. The lowest BCUT2D eigenvalue weighted by atomic mass is 9.78. The predicted octanol–water partition coefficient (Wildman–Crippen LogP) is 3.35. The van der Waals surface area contributed by atoms with Gasteiger partial charge in [-0.25, -0.2) is 0 Å². The number of nitrogens with zero attached hydrogens (tertiary/aromatic N) is 1. The number of carbonyl (C=O) groups is 1. The van der Waals surface area contributed by atoms with Crippen molar-refractivity contribution in [3.05, 3.63) is 29.3 Å². The molecule has 0 spiro atoms. The fourth-order valence-corrected chi connectivity index (χ4v) is 2.61. The first-order valence-electron chi connectivity index (χ1n) is 7.05. The average molecular weight is 261 g/mol. The topological polar surface area (TPSA) is 40.5 Å². The SMILES string of the molecule is CCC1(C)CCN(C(=O)c2cccc(C)c2O)CC1. The molecule has 1 aliphatic rings. The summed E-state index contributed by atoms with van der Waals surface area (Å²) in [5.74, 6) is 0.0793. The summed E-state index contributed by atoms with van der Waals surface area (Å²) in [7, 11) is 0. The van der Waals surface area contributed by atoms with Gasteiger partial charge in [0.15, 0.2) is 0 Å². The Morgan fingerprint density at radius 3 is 2.58 bits per heavy atom. The maximum absolute atomic E-state index is 12.4. The Bertz CT molecular complexity index is 474. The normalized spacial score (nSPS) is 18.4. The Labute approximate surface area is 115 Å². The van der Waals surface area contributed by atoms with Gasteiger partial charge in [-0.2, -0.15) is 0 Å². The van der Waals surface area contributed by atoms with Crippen LogP contribution in [-0.4, -0.2) is 29.0 Å². The highest BCUT2D eigenvalue weighted by atomic mass is 16.3. The standard InChI is InChI=1S/C16H23NO2/c1-4-16(3)8-10-17(11-9-16)15(19)13-7-5-6-12(2)14(13)18/h5-7,18H,4,8-11H2,1-3H3. The molecule has 1 aromatic carbocycles. The van der Waals surface area contributed by atoms with Crippen LogP contribution in [0.25, 0.3) is 0 Å². The third-order valence-electron chi connectivity index (χ3n) is 4.58. The van der Waals surface area contributed by atoms with E-state index in [1.165, 1.54) is 0 Å². The molecule has 1 N–H and O–H groups in total. The molecule has 0 atom stereocenters. The second kappa shape index (κ2) is 5.24. The van der Waals surface area contributed by atoms with Gasteiger partial charge in [-0.1, -0.05) is 32.4 Å². The van der Waals surface area contributed by atoms with Crippen LogP contribution in [0.1, 0.15) is 49.0 Å². The van der Waals surface area contributed by atoms with Crippen molar-refractivity contribution in [3.8, 4) is 5.75 Å². The molecule has 0 radical (unpaired) electrons. The Balaban J connectivity index is 2.12. The third kappa shape index (κ3) is 2.75. The van der Waals surface area contributed by atoms with Gasteiger partial charge in [0, 0.05) is 13.1 Å². The molecule has 1 aliphatic heterocycles. The van der Waals surface area contributed by atoms with Crippen molar-refractivity contribution in [3.63, 3.8) is 0 Å². The van der Waals surface area contributed by atoms with Gasteiger partial charge in [0.1, 0.15) is 5.75 Å². The van der Waals surface area contributed by atoms with Crippen molar-refractivity contribution in [2.24, 2.45) is 5.41 Å². The molecule has 0 aromatic heterocycles. The Kier molecular flexibility index (Phi) is 3.83. The van der Waals surface area contributed by atoms with Crippen LogP contribution in [-0.2, 0) is 0 Å². The second-order valence-corrected chi connectivity index (χ2v) is 5.93. The number of phenolic OH excluding ortho intramolecular Hbond substituents is 1. The number of hydrogen-bond donors (Lipinski definition) is 1. The van der Waals surface area contributed by atoms with Crippen LogP contribution in [0.2, 0.25) is 0 Å². The van der Waals surface area contributed by atoms with E-state index in [1.807, 2.05) is 24.0 Å². The van der Waals surface area contributed by atoms with E-state index in [2.05, 4.69) is 13.8 Å². The first-order chi connectivity index (χ1) is 8.97. The summed E-state index contributed by atoms with van der Waals surface area (Å²) in [5.41, 5.74) is 1.55. The van der Waals surface area contributed by atoms with Crippen LogP contribution in [0.3, 0.4) is 0 Å². The summed E-state index contributed by atoms with van der Waals surface area (Å²) in [5, 5.41) is 10.00. The van der Waals surface area contributed by atoms with Crippen molar-refractivity contribution >= 4 is 5.91 Å². The van der Waals surface area contributed by atoms with Crippen molar-refractivity contribution in [2.75, 3.05) is 13.1 Å². The van der Waals surface area contributed by atoms with Crippen LogP contribution < -0.4 is 0 Å². The van der Waals surface area contributed by atoms with E-state index in [1.54, 1.807) is 6.07 Å². The zero-order chi connectivity index (χ0) is 14.0. The molecule has 0 bridgehead atoms. The van der Waals surface area contributed by atoms with Crippen molar-refractivity contribution < 1.29 is 9.90 Å². The summed E-state index contributed by atoms with van der Waals surface area (Å²) in [6.45, 7) is 7.90. The maximum atomic E-state index is 12.4. The van der Waals surface area contributed by atoms with Gasteiger partial charge in [0.25, 0.3) is 5.91 Å². The lowest BCUT2D eigenvalue weighted by Crippen LogP contribution is -2.42. The third-order valence-corrected chi connectivity index (χ3v) is 4.58. The highest BCUT2D eigenvalue weighted by molar-refractivity contribution is 5.97. The first-order valence-corrected chi connectivity index (χ1v) is 7.05. The number of carbonyl (C=O) groups excluding carboxylic acids is 1. The molecule has 104 valence electrons. The maximum Gasteiger partial charge on any atom is 0.257 e. The van der Waals surface area contributed by atoms with Gasteiger partial charge < -0.3 is 10.0 Å². The smallest absolute Gasteiger partial charge is 0.257 e. The zero-order valence-electron chi connectivity index (χ0n) is 12.1. The highest BCUT2D eigenvalue weighted by Crippen LogP contribution is 2.35. The van der Waals surface area contributed by atoms with Gasteiger partial charge in [-0.05, 0) is 36.8 Å². The number of rotatable bonds is 2. The van der Waals surface area contributed by atoms with E-state index in [0.717, 1.165) is 37.9 Å². The summed E-state index contributed by atoms with van der Waals surface area (Å²) in [6.07, 6.45) is 3.24. The Morgan fingerprint density at radius 1 is 1.37 bits per heavy atom. The summed E-state index contributed by atoms with van der Waals surface area (Å²) in [6, 6.07) is 5.34. The fourth-order valence-electron chi connectivity index (χ4n) is 2.61. The van der Waals surface area contributed by atoms with Gasteiger partial charge in [-0.3, -0.25) is 4.79 Å². The van der Waals surface area contributed by atoms with E-state index in [9.17, 15) is 9.90 Å². The number of aryl methyl sites for hydroxylation is 1. The van der Waals surface area contributed by atoms with Gasteiger partial charge >= 0.3 is 0 Å². The summed E-state index contributed by atoms with van der Waals surface area (Å²) in [4.78, 5) is 14.3. The van der Waals surface area contributed by atoms with E-state index >= 15 is 0 Å². The average Bonchev–Trinajstić information content (AvgIpc) is 2.42. The van der Waals surface area contributed by atoms with Gasteiger partial charge in [-0.15, -0.1) is 0 Å². The number of likely N-dealkylation sites (tertiary alicyclic amines) is 1. The van der Waals surface area contributed by atoms with E-state index in [0.29, 0.717) is 11.0 Å². The number of hydrogen-bond acceptors (Lipinski definition) is 2. The molecule has 1 saturated heterocycles. The van der Waals surface area contributed by atoms with E-state index < -0.39 is 0 Å². The Morgan fingerprint density at radius 2 is 2.00 bits per heavy atom. The van der Waals surface area contributed by atoms with E-state index in [4.69, 9.17) is 0 Å². The van der Waals surface area contributed by atoms with Crippen molar-refractivity contribution in [1.82, 2.24) is 4.90 Å². The predicted molar refractivity (Wildman–Crippen MR) is 76.4 cm³/mol. The summed E-state index contributed by atoms with van der Waals surface area (Å²) < 4.78 is 0.